The highest BCUT2D eigenvalue weighted by atomic mass is 16.5. The number of unbranched alkanes of at least 4 members (excludes halogenated alkanes) is 30. The smallest absolute Gasteiger partial charge is 0.308 e. The molecule has 62 heavy (non-hydrogen) atoms. The van der Waals surface area contributed by atoms with Gasteiger partial charge in [0.25, 0.3) is 0 Å². The van der Waals surface area contributed by atoms with Crippen molar-refractivity contribution in [3.05, 3.63) is 0 Å². The van der Waals surface area contributed by atoms with Crippen LogP contribution in [0.4, 0.5) is 0 Å². The van der Waals surface area contributed by atoms with Gasteiger partial charge in [0.2, 0.25) is 0 Å². The minimum atomic E-state index is 0.0839. The van der Waals surface area contributed by atoms with E-state index in [0.29, 0.717) is 13.2 Å². The van der Waals surface area contributed by atoms with Crippen LogP contribution in [-0.4, -0.2) is 75.2 Å². The van der Waals surface area contributed by atoms with Gasteiger partial charge in [-0.3, -0.25) is 9.59 Å². The van der Waals surface area contributed by atoms with Crippen molar-refractivity contribution in [1.82, 2.24) is 9.80 Å². The van der Waals surface area contributed by atoms with E-state index in [1.807, 2.05) is 0 Å². The van der Waals surface area contributed by atoms with Crippen molar-refractivity contribution in [2.75, 3.05) is 53.5 Å². The van der Waals surface area contributed by atoms with Gasteiger partial charge in [-0.1, -0.05) is 233 Å². The van der Waals surface area contributed by atoms with Gasteiger partial charge in [0.05, 0.1) is 25.0 Å². The Bertz CT molecular complexity index is 912. The zero-order valence-electron chi connectivity index (χ0n) is 43.2. The summed E-state index contributed by atoms with van der Waals surface area (Å²) < 4.78 is 11.7. The van der Waals surface area contributed by atoms with Crippen LogP contribution in [0.1, 0.15) is 285 Å². The highest BCUT2D eigenvalue weighted by Gasteiger charge is 2.20. The number of hydrogen-bond donors (Lipinski definition) is 0. The number of likely N-dealkylation sites (N-methyl/N-ethyl adjacent to an activating group) is 1. The summed E-state index contributed by atoms with van der Waals surface area (Å²) in [6, 6.07) is 0. The Morgan fingerprint density at radius 2 is 0.581 bits per heavy atom. The van der Waals surface area contributed by atoms with Crippen molar-refractivity contribution in [2.24, 2.45) is 11.8 Å². The fourth-order valence-electron chi connectivity index (χ4n) is 8.99. The highest BCUT2D eigenvalue weighted by Crippen LogP contribution is 2.23. The number of nitrogens with zero attached hydrogens (tertiary/aromatic N) is 2. The van der Waals surface area contributed by atoms with E-state index in [9.17, 15) is 9.59 Å². The van der Waals surface area contributed by atoms with Crippen molar-refractivity contribution in [3.63, 3.8) is 0 Å². The molecule has 0 aliphatic rings. The molecule has 370 valence electrons. The van der Waals surface area contributed by atoms with Crippen LogP contribution < -0.4 is 0 Å². The Morgan fingerprint density at radius 3 is 0.887 bits per heavy atom. The number of hydrogen-bond acceptors (Lipinski definition) is 6. The first-order chi connectivity index (χ1) is 30.4. The zero-order chi connectivity index (χ0) is 45.4. The average molecular weight is 878 g/mol. The predicted octanol–water partition coefficient (Wildman–Crippen LogP) is 16.9. The van der Waals surface area contributed by atoms with Crippen molar-refractivity contribution >= 4 is 11.9 Å². The summed E-state index contributed by atoms with van der Waals surface area (Å²) in [6.07, 6.45) is 49.5. The Kier molecular flexibility index (Phi) is 48.4. The molecule has 0 amide bonds. The second kappa shape index (κ2) is 49.3. The van der Waals surface area contributed by atoms with Gasteiger partial charge in [0, 0.05) is 13.1 Å². The molecular weight excluding hydrogens is 765 g/mol. The molecule has 0 bridgehead atoms. The summed E-state index contributed by atoms with van der Waals surface area (Å²) >= 11 is 0. The molecule has 0 heterocycles. The molecule has 0 aromatic carbocycles. The van der Waals surface area contributed by atoms with Crippen molar-refractivity contribution in [2.45, 2.75) is 285 Å². The van der Waals surface area contributed by atoms with Crippen molar-refractivity contribution in [3.8, 4) is 0 Å². The molecule has 2 atom stereocenters. The van der Waals surface area contributed by atoms with Crippen LogP contribution in [0.25, 0.3) is 0 Å². The van der Waals surface area contributed by atoms with Gasteiger partial charge >= 0.3 is 11.9 Å². The standard InChI is InChI=1S/C56H112N2O4/c1-7-11-15-19-21-24-30-38-46-54(44-36-18-14-10-4)56(60)62-52-42-34-28-23-26-32-40-48-58(50-49-57(5)6)47-39-31-25-22-27-33-41-51-61-55(59)53(43-35-17-13-9-3)45-37-29-20-16-12-8-2/h53-54H,7-52H2,1-6H3. The van der Waals surface area contributed by atoms with Gasteiger partial charge in [-0.25, -0.2) is 0 Å². The largest absolute Gasteiger partial charge is 0.465 e. The maximum Gasteiger partial charge on any atom is 0.308 e. The third-order valence-corrected chi connectivity index (χ3v) is 13.4. The quantitative estimate of drug-likeness (QED) is 0.0448. The molecule has 0 rings (SSSR count). The predicted molar refractivity (Wildman–Crippen MR) is 271 cm³/mol. The molecule has 0 saturated heterocycles. The summed E-state index contributed by atoms with van der Waals surface area (Å²) in [7, 11) is 4.38. The van der Waals surface area contributed by atoms with Gasteiger partial charge in [0.15, 0.2) is 0 Å². The molecule has 6 heteroatoms. The summed E-state index contributed by atoms with van der Waals surface area (Å²) in [4.78, 5) is 31.0. The van der Waals surface area contributed by atoms with Gasteiger partial charge < -0.3 is 19.3 Å². The van der Waals surface area contributed by atoms with Gasteiger partial charge in [-0.05, 0) is 78.6 Å². The molecule has 0 aromatic rings. The van der Waals surface area contributed by atoms with Crippen LogP contribution in [0.15, 0.2) is 0 Å². The van der Waals surface area contributed by atoms with E-state index in [4.69, 9.17) is 9.47 Å². The molecule has 2 unspecified atom stereocenters. The molecule has 0 aliphatic heterocycles. The van der Waals surface area contributed by atoms with Crippen LogP contribution in [0.2, 0.25) is 0 Å². The van der Waals surface area contributed by atoms with E-state index in [2.05, 4.69) is 51.6 Å². The van der Waals surface area contributed by atoms with E-state index < -0.39 is 0 Å². The topological polar surface area (TPSA) is 59.1 Å². The molecule has 0 aliphatic carbocycles. The van der Waals surface area contributed by atoms with E-state index in [1.54, 1.807) is 0 Å². The summed E-state index contributed by atoms with van der Waals surface area (Å²) in [5.41, 5.74) is 0. The fraction of sp³-hybridized carbons (Fsp3) is 0.964. The zero-order valence-corrected chi connectivity index (χ0v) is 43.2. The fourth-order valence-corrected chi connectivity index (χ4v) is 8.99. The summed E-state index contributed by atoms with van der Waals surface area (Å²) in [5.74, 6) is 0.408. The normalized spacial score (nSPS) is 12.7. The maximum absolute atomic E-state index is 13.0. The Morgan fingerprint density at radius 1 is 0.323 bits per heavy atom. The average Bonchev–Trinajstić information content (AvgIpc) is 3.26. The van der Waals surface area contributed by atoms with Crippen LogP contribution in [-0.2, 0) is 19.1 Å². The molecular formula is C56H112N2O4. The third kappa shape index (κ3) is 42.8. The van der Waals surface area contributed by atoms with Crippen LogP contribution in [0.5, 0.6) is 0 Å². The third-order valence-electron chi connectivity index (χ3n) is 13.4. The number of carbonyl (C=O) groups is 2. The van der Waals surface area contributed by atoms with Crippen molar-refractivity contribution in [1.29, 1.82) is 0 Å². The van der Waals surface area contributed by atoms with E-state index in [0.717, 1.165) is 45.1 Å². The lowest BCUT2D eigenvalue weighted by molar-refractivity contribution is -0.150. The molecule has 0 radical (unpaired) electrons. The summed E-state index contributed by atoms with van der Waals surface area (Å²) in [6.45, 7) is 15.0. The molecule has 0 fully saturated rings. The molecule has 0 aromatic heterocycles. The lowest BCUT2D eigenvalue weighted by Gasteiger charge is -2.24. The maximum atomic E-state index is 13.0. The molecule has 0 saturated carbocycles. The first-order valence-corrected chi connectivity index (χ1v) is 28.1. The van der Waals surface area contributed by atoms with Crippen LogP contribution >= 0.6 is 0 Å². The lowest BCUT2D eigenvalue weighted by atomic mass is 9.94. The SMILES string of the molecule is CCCCCCCCCCC(CCCCCC)C(=O)OCCCCCCCCCN(CCCCCCCCCOC(=O)C(CCCCCC)CCCCCCCC)CCN(C)C. The van der Waals surface area contributed by atoms with Crippen molar-refractivity contribution < 1.29 is 19.1 Å². The van der Waals surface area contributed by atoms with Crippen LogP contribution in [0, 0.1) is 11.8 Å². The van der Waals surface area contributed by atoms with E-state index in [-0.39, 0.29) is 23.8 Å². The number of carbonyl (C=O) groups excluding carboxylic acids is 2. The number of ether oxygens (including phenoxy) is 2. The summed E-state index contributed by atoms with van der Waals surface area (Å²) in [5, 5.41) is 0. The highest BCUT2D eigenvalue weighted by molar-refractivity contribution is 5.72. The van der Waals surface area contributed by atoms with E-state index in [1.165, 1.54) is 238 Å². The van der Waals surface area contributed by atoms with Crippen LogP contribution in [0.3, 0.4) is 0 Å². The minimum Gasteiger partial charge on any atom is -0.465 e. The van der Waals surface area contributed by atoms with E-state index >= 15 is 0 Å². The van der Waals surface area contributed by atoms with Gasteiger partial charge in [-0.15, -0.1) is 0 Å². The Labute approximate surface area is 389 Å². The monoisotopic (exact) mass is 877 g/mol. The minimum absolute atomic E-state index is 0.0839. The second-order valence-electron chi connectivity index (χ2n) is 19.8. The van der Waals surface area contributed by atoms with Gasteiger partial charge in [0.1, 0.15) is 0 Å². The molecule has 0 spiro atoms. The number of esters is 2. The number of rotatable bonds is 51. The Balaban J connectivity index is 4.15. The lowest BCUT2D eigenvalue weighted by Crippen LogP contribution is -2.33. The second-order valence-corrected chi connectivity index (χ2v) is 19.8. The van der Waals surface area contributed by atoms with Gasteiger partial charge in [-0.2, -0.15) is 0 Å². The first-order valence-electron chi connectivity index (χ1n) is 28.1. The Hall–Kier alpha value is -1.14. The molecule has 0 N–H and O–H groups in total. The molecule has 6 nitrogen and oxygen atoms in total. The first kappa shape index (κ1) is 60.9.